The van der Waals surface area contributed by atoms with Gasteiger partial charge in [0.25, 0.3) is 0 Å². The van der Waals surface area contributed by atoms with Gasteiger partial charge in [-0.05, 0) is 29.8 Å². The van der Waals surface area contributed by atoms with Crippen molar-refractivity contribution >= 4 is 27.5 Å². The highest BCUT2D eigenvalue weighted by molar-refractivity contribution is 9.10. The summed E-state index contributed by atoms with van der Waals surface area (Å²) in [6, 6.07) is 12.0. The molecular formula is C12H7BrClF. The van der Waals surface area contributed by atoms with Crippen molar-refractivity contribution in [3.63, 3.8) is 0 Å². The molecule has 0 heterocycles. The zero-order chi connectivity index (χ0) is 10.8. The van der Waals surface area contributed by atoms with Crippen molar-refractivity contribution < 1.29 is 4.39 Å². The Hall–Kier alpha value is -0.860. The van der Waals surface area contributed by atoms with Crippen LogP contribution in [0.2, 0.25) is 5.02 Å². The zero-order valence-electron chi connectivity index (χ0n) is 7.68. The molecule has 2 aromatic carbocycles. The van der Waals surface area contributed by atoms with E-state index in [-0.39, 0.29) is 5.82 Å². The van der Waals surface area contributed by atoms with E-state index < -0.39 is 0 Å². The van der Waals surface area contributed by atoms with Crippen molar-refractivity contribution in [2.75, 3.05) is 0 Å². The highest BCUT2D eigenvalue weighted by atomic mass is 79.9. The summed E-state index contributed by atoms with van der Waals surface area (Å²) in [5, 5.41) is 0.530. The van der Waals surface area contributed by atoms with E-state index in [0.717, 1.165) is 10.0 Å². The van der Waals surface area contributed by atoms with Crippen LogP contribution in [-0.2, 0) is 0 Å². The van der Waals surface area contributed by atoms with Gasteiger partial charge in [0.15, 0.2) is 0 Å². The molecule has 0 aliphatic rings. The molecule has 0 aromatic heterocycles. The topological polar surface area (TPSA) is 0 Å². The Balaban J connectivity index is 2.64. The highest BCUT2D eigenvalue weighted by Crippen LogP contribution is 2.31. The van der Waals surface area contributed by atoms with E-state index in [1.54, 1.807) is 6.07 Å². The average Bonchev–Trinajstić information content (AvgIpc) is 2.23. The van der Waals surface area contributed by atoms with Crippen LogP contribution in [-0.4, -0.2) is 0 Å². The first-order valence-electron chi connectivity index (χ1n) is 4.38. The largest absolute Gasteiger partial charge is 0.206 e. The van der Waals surface area contributed by atoms with Crippen LogP contribution in [0.25, 0.3) is 11.1 Å². The zero-order valence-corrected chi connectivity index (χ0v) is 10.0. The van der Waals surface area contributed by atoms with Gasteiger partial charge in [0, 0.05) is 15.1 Å². The molecule has 2 aromatic rings. The third-order valence-electron chi connectivity index (χ3n) is 2.09. The summed E-state index contributed by atoms with van der Waals surface area (Å²) in [4.78, 5) is 0. The maximum atomic E-state index is 13.6. The third-order valence-corrected chi connectivity index (χ3v) is 3.02. The Morgan fingerprint density at radius 1 is 1.00 bits per heavy atom. The minimum Gasteiger partial charge on any atom is -0.206 e. The average molecular weight is 286 g/mol. The van der Waals surface area contributed by atoms with E-state index >= 15 is 0 Å². The van der Waals surface area contributed by atoms with Crippen molar-refractivity contribution in [3.8, 4) is 11.1 Å². The fourth-order valence-corrected chi connectivity index (χ4v) is 2.05. The molecule has 0 amide bonds. The molecule has 0 saturated carbocycles. The first-order valence-corrected chi connectivity index (χ1v) is 5.55. The summed E-state index contributed by atoms with van der Waals surface area (Å²) < 4.78 is 14.4. The number of hydrogen-bond acceptors (Lipinski definition) is 0. The maximum Gasteiger partial charge on any atom is 0.131 e. The highest BCUT2D eigenvalue weighted by Gasteiger charge is 2.08. The van der Waals surface area contributed by atoms with Crippen LogP contribution >= 0.6 is 27.5 Å². The Morgan fingerprint density at radius 3 is 2.47 bits per heavy atom. The van der Waals surface area contributed by atoms with Crippen LogP contribution in [0.3, 0.4) is 0 Å². The summed E-state index contributed by atoms with van der Waals surface area (Å²) in [5.41, 5.74) is 1.31. The van der Waals surface area contributed by atoms with E-state index in [0.29, 0.717) is 10.6 Å². The van der Waals surface area contributed by atoms with Gasteiger partial charge in [-0.25, -0.2) is 4.39 Å². The summed E-state index contributed by atoms with van der Waals surface area (Å²) in [6.45, 7) is 0. The standard InChI is InChI=1S/C12H7BrClF/c13-11-4-2-1-3-9(11)10-7-8(14)5-6-12(10)15/h1-7H. The van der Waals surface area contributed by atoms with Crippen molar-refractivity contribution in [1.29, 1.82) is 0 Å². The lowest BCUT2D eigenvalue weighted by atomic mass is 10.1. The summed E-state index contributed by atoms with van der Waals surface area (Å²) in [6.07, 6.45) is 0. The SMILES string of the molecule is Fc1ccc(Cl)cc1-c1ccccc1Br. The van der Waals surface area contributed by atoms with E-state index in [9.17, 15) is 4.39 Å². The number of rotatable bonds is 1. The monoisotopic (exact) mass is 284 g/mol. The first-order chi connectivity index (χ1) is 7.18. The molecule has 0 bridgehead atoms. The van der Waals surface area contributed by atoms with Crippen molar-refractivity contribution in [2.24, 2.45) is 0 Å². The van der Waals surface area contributed by atoms with Crippen molar-refractivity contribution in [1.82, 2.24) is 0 Å². The second-order valence-corrected chi connectivity index (χ2v) is 4.39. The molecular weight excluding hydrogens is 278 g/mol. The fourth-order valence-electron chi connectivity index (χ4n) is 1.38. The fraction of sp³-hybridized carbons (Fsp3) is 0. The lowest BCUT2D eigenvalue weighted by Gasteiger charge is -2.06. The normalized spacial score (nSPS) is 10.3. The molecule has 0 unspecified atom stereocenters. The molecule has 0 atom stereocenters. The van der Waals surface area contributed by atoms with Crippen LogP contribution in [0.4, 0.5) is 4.39 Å². The molecule has 0 spiro atoms. The van der Waals surface area contributed by atoms with Gasteiger partial charge in [-0.15, -0.1) is 0 Å². The second kappa shape index (κ2) is 4.33. The molecule has 0 saturated heterocycles. The summed E-state index contributed by atoms with van der Waals surface area (Å²) >= 11 is 9.22. The van der Waals surface area contributed by atoms with Crippen LogP contribution in [0.1, 0.15) is 0 Å². The van der Waals surface area contributed by atoms with Gasteiger partial charge in [-0.3, -0.25) is 0 Å². The molecule has 0 nitrogen and oxygen atoms in total. The van der Waals surface area contributed by atoms with E-state index in [4.69, 9.17) is 11.6 Å². The molecule has 0 radical (unpaired) electrons. The summed E-state index contributed by atoms with van der Waals surface area (Å²) in [7, 11) is 0. The minimum atomic E-state index is -0.272. The molecule has 0 aliphatic heterocycles. The van der Waals surface area contributed by atoms with Gasteiger partial charge < -0.3 is 0 Å². The molecule has 2 rings (SSSR count). The quantitative estimate of drug-likeness (QED) is 0.698. The van der Waals surface area contributed by atoms with Crippen molar-refractivity contribution in [2.45, 2.75) is 0 Å². The van der Waals surface area contributed by atoms with Crippen molar-refractivity contribution in [3.05, 3.63) is 57.8 Å². The Morgan fingerprint density at radius 2 is 1.73 bits per heavy atom. The predicted molar refractivity (Wildman–Crippen MR) is 64.5 cm³/mol. The number of hydrogen-bond donors (Lipinski definition) is 0. The van der Waals surface area contributed by atoms with E-state index in [2.05, 4.69) is 15.9 Å². The van der Waals surface area contributed by atoms with Crippen LogP contribution < -0.4 is 0 Å². The van der Waals surface area contributed by atoms with Crippen LogP contribution in [0, 0.1) is 5.82 Å². The lowest BCUT2D eigenvalue weighted by molar-refractivity contribution is 0.631. The van der Waals surface area contributed by atoms with E-state index in [1.807, 2.05) is 24.3 Å². The predicted octanol–water partition coefficient (Wildman–Crippen LogP) is 4.91. The van der Waals surface area contributed by atoms with Gasteiger partial charge in [-0.1, -0.05) is 45.7 Å². The smallest absolute Gasteiger partial charge is 0.131 e. The van der Waals surface area contributed by atoms with E-state index in [1.165, 1.54) is 12.1 Å². The number of benzene rings is 2. The summed E-state index contributed by atoms with van der Waals surface area (Å²) in [5.74, 6) is -0.272. The van der Waals surface area contributed by atoms with Crippen LogP contribution in [0.15, 0.2) is 46.9 Å². The Kier molecular flexibility index (Phi) is 3.08. The maximum absolute atomic E-state index is 13.6. The van der Waals surface area contributed by atoms with Gasteiger partial charge in [-0.2, -0.15) is 0 Å². The lowest BCUT2D eigenvalue weighted by Crippen LogP contribution is -1.85. The van der Waals surface area contributed by atoms with Gasteiger partial charge >= 0.3 is 0 Å². The number of halogens is 3. The van der Waals surface area contributed by atoms with Gasteiger partial charge in [0.05, 0.1) is 0 Å². The minimum absolute atomic E-state index is 0.272. The second-order valence-electron chi connectivity index (χ2n) is 3.10. The molecule has 76 valence electrons. The first kappa shape index (κ1) is 10.7. The molecule has 0 aliphatic carbocycles. The molecule has 3 heteroatoms. The Bertz CT molecular complexity index is 497. The van der Waals surface area contributed by atoms with Gasteiger partial charge in [0.2, 0.25) is 0 Å². The molecule has 15 heavy (non-hydrogen) atoms. The van der Waals surface area contributed by atoms with Gasteiger partial charge in [0.1, 0.15) is 5.82 Å². The van der Waals surface area contributed by atoms with Crippen LogP contribution in [0.5, 0.6) is 0 Å². The molecule has 0 fully saturated rings. The Labute approximate surface area is 101 Å². The molecule has 0 N–H and O–H groups in total. The third kappa shape index (κ3) is 2.21.